The van der Waals surface area contributed by atoms with Gasteiger partial charge in [0, 0.05) is 17.4 Å². The molecule has 2 aromatic rings. The average molecular weight is 222 g/mol. The Balaban J connectivity index is 2.75. The van der Waals surface area contributed by atoms with Gasteiger partial charge in [-0.05, 0) is 22.9 Å². The molecular weight excluding hydrogens is 204 g/mol. The maximum absolute atomic E-state index is 3.28. The first-order chi connectivity index (χ1) is 8.24. The van der Waals surface area contributed by atoms with Gasteiger partial charge in [0.25, 0.3) is 0 Å². The van der Waals surface area contributed by atoms with Gasteiger partial charge >= 0.3 is 0 Å². The van der Waals surface area contributed by atoms with E-state index in [1.807, 2.05) is 0 Å². The standard InChI is InChI=1S/C17H18/c1-4-5-8-14-9-6-10-15-11-7-12-16(13(2)3)17(14)15/h6-7,9-13H,4H2,1-3H3. The lowest BCUT2D eigenvalue weighted by molar-refractivity contribution is 0.876. The van der Waals surface area contributed by atoms with Crippen molar-refractivity contribution >= 4 is 10.8 Å². The molecule has 0 atom stereocenters. The van der Waals surface area contributed by atoms with Crippen molar-refractivity contribution in [2.75, 3.05) is 0 Å². The third-order valence-corrected chi connectivity index (χ3v) is 2.96. The van der Waals surface area contributed by atoms with Gasteiger partial charge in [-0.15, -0.1) is 0 Å². The van der Waals surface area contributed by atoms with E-state index in [4.69, 9.17) is 0 Å². The first-order valence-electron chi connectivity index (χ1n) is 6.24. The van der Waals surface area contributed by atoms with Crippen molar-refractivity contribution in [3.8, 4) is 11.8 Å². The monoisotopic (exact) mass is 222 g/mol. The Bertz CT molecular complexity index is 574. The highest BCUT2D eigenvalue weighted by Crippen LogP contribution is 2.27. The van der Waals surface area contributed by atoms with E-state index in [0.29, 0.717) is 5.92 Å². The molecule has 0 saturated heterocycles. The third-order valence-electron chi connectivity index (χ3n) is 2.96. The predicted molar refractivity (Wildman–Crippen MR) is 75.2 cm³/mol. The van der Waals surface area contributed by atoms with Crippen LogP contribution in [0.4, 0.5) is 0 Å². The molecule has 0 heteroatoms. The predicted octanol–water partition coefficient (Wildman–Crippen LogP) is 4.72. The summed E-state index contributed by atoms with van der Waals surface area (Å²) in [6.45, 7) is 6.55. The molecule has 0 spiro atoms. The molecule has 0 amide bonds. The Morgan fingerprint density at radius 1 is 1.06 bits per heavy atom. The van der Waals surface area contributed by atoms with Gasteiger partial charge in [-0.25, -0.2) is 0 Å². The Kier molecular flexibility index (Phi) is 3.49. The molecule has 0 nitrogen and oxygen atoms in total. The van der Waals surface area contributed by atoms with Crippen molar-refractivity contribution in [3.63, 3.8) is 0 Å². The summed E-state index contributed by atoms with van der Waals surface area (Å²) in [6, 6.07) is 12.9. The normalized spacial score (nSPS) is 10.4. The molecule has 0 heterocycles. The highest BCUT2D eigenvalue weighted by Gasteiger charge is 2.07. The second kappa shape index (κ2) is 5.06. The summed E-state index contributed by atoms with van der Waals surface area (Å²) < 4.78 is 0. The maximum Gasteiger partial charge on any atom is 0.0326 e. The highest BCUT2D eigenvalue weighted by atomic mass is 14.1. The summed E-state index contributed by atoms with van der Waals surface area (Å²) in [5.74, 6) is 6.99. The van der Waals surface area contributed by atoms with E-state index >= 15 is 0 Å². The van der Waals surface area contributed by atoms with Crippen molar-refractivity contribution in [2.45, 2.75) is 33.1 Å². The van der Waals surface area contributed by atoms with Crippen molar-refractivity contribution < 1.29 is 0 Å². The SMILES string of the molecule is CCC#Cc1cccc2cccc(C(C)C)c12. The largest absolute Gasteiger partial charge is 0.0982 e. The molecule has 0 saturated carbocycles. The smallest absolute Gasteiger partial charge is 0.0326 e. The fourth-order valence-corrected chi connectivity index (χ4v) is 2.14. The van der Waals surface area contributed by atoms with Crippen molar-refractivity contribution in [2.24, 2.45) is 0 Å². The molecule has 17 heavy (non-hydrogen) atoms. The van der Waals surface area contributed by atoms with Gasteiger partial charge in [-0.1, -0.05) is 62.9 Å². The van der Waals surface area contributed by atoms with Crippen LogP contribution < -0.4 is 0 Å². The fourth-order valence-electron chi connectivity index (χ4n) is 2.14. The number of fused-ring (bicyclic) bond motifs is 1. The van der Waals surface area contributed by atoms with Gasteiger partial charge in [-0.2, -0.15) is 0 Å². The van der Waals surface area contributed by atoms with Crippen LogP contribution in [0, 0.1) is 11.8 Å². The van der Waals surface area contributed by atoms with Crippen LogP contribution >= 0.6 is 0 Å². The molecule has 2 aromatic carbocycles. The molecule has 0 radical (unpaired) electrons. The van der Waals surface area contributed by atoms with Gasteiger partial charge in [0.15, 0.2) is 0 Å². The molecule has 0 fully saturated rings. The van der Waals surface area contributed by atoms with Gasteiger partial charge < -0.3 is 0 Å². The van der Waals surface area contributed by atoms with Crippen LogP contribution in [0.25, 0.3) is 10.8 Å². The number of benzene rings is 2. The molecule has 0 aliphatic rings. The number of rotatable bonds is 1. The highest BCUT2D eigenvalue weighted by molar-refractivity contribution is 5.91. The summed E-state index contributed by atoms with van der Waals surface area (Å²) in [4.78, 5) is 0. The molecule has 0 aliphatic heterocycles. The zero-order chi connectivity index (χ0) is 12.3. The first kappa shape index (κ1) is 11.7. The molecule has 0 unspecified atom stereocenters. The minimum atomic E-state index is 0.531. The van der Waals surface area contributed by atoms with E-state index in [1.54, 1.807) is 0 Å². The summed E-state index contributed by atoms with van der Waals surface area (Å²) in [6.07, 6.45) is 0.903. The lowest BCUT2D eigenvalue weighted by atomic mass is 9.93. The molecule has 0 N–H and O–H groups in total. The Morgan fingerprint density at radius 3 is 2.41 bits per heavy atom. The molecule has 0 aliphatic carbocycles. The third kappa shape index (κ3) is 2.34. The molecule has 0 aromatic heterocycles. The van der Waals surface area contributed by atoms with Crippen LogP contribution in [0.5, 0.6) is 0 Å². The molecular formula is C17H18. The summed E-state index contributed by atoms with van der Waals surface area (Å²) in [7, 11) is 0. The van der Waals surface area contributed by atoms with E-state index in [-0.39, 0.29) is 0 Å². The van der Waals surface area contributed by atoms with Crippen molar-refractivity contribution in [1.29, 1.82) is 0 Å². The maximum atomic E-state index is 3.28. The van der Waals surface area contributed by atoms with Gasteiger partial charge in [0.1, 0.15) is 0 Å². The number of hydrogen-bond donors (Lipinski definition) is 0. The quantitative estimate of drug-likeness (QED) is 0.612. The summed E-state index contributed by atoms with van der Waals surface area (Å²) in [5, 5.41) is 2.62. The van der Waals surface area contributed by atoms with Crippen molar-refractivity contribution in [3.05, 3.63) is 47.5 Å². The Morgan fingerprint density at radius 2 is 1.76 bits per heavy atom. The second-order valence-electron chi connectivity index (χ2n) is 4.56. The van der Waals surface area contributed by atoms with Crippen LogP contribution in [0.2, 0.25) is 0 Å². The van der Waals surface area contributed by atoms with Gasteiger partial charge in [0.2, 0.25) is 0 Å². The average Bonchev–Trinajstić information content (AvgIpc) is 2.35. The Labute approximate surface area is 104 Å². The summed E-state index contributed by atoms with van der Waals surface area (Å²) >= 11 is 0. The van der Waals surface area contributed by atoms with Gasteiger partial charge in [-0.3, -0.25) is 0 Å². The lowest BCUT2D eigenvalue weighted by Crippen LogP contribution is -1.91. The zero-order valence-corrected chi connectivity index (χ0v) is 10.7. The zero-order valence-electron chi connectivity index (χ0n) is 10.7. The van der Waals surface area contributed by atoms with E-state index in [0.717, 1.165) is 12.0 Å². The first-order valence-corrected chi connectivity index (χ1v) is 6.24. The van der Waals surface area contributed by atoms with E-state index in [1.165, 1.54) is 16.3 Å². The van der Waals surface area contributed by atoms with E-state index in [2.05, 4.69) is 69.0 Å². The van der Waals surface area contributed by atoms with Gasteiger partial charge in [0.05, 0.1) is 0 Å². The minimum Gasteiger partial charge on any atom is -0.0982 e. The van der Waals surface area contributed by atoms with Crippen LogP contribution in [0.15, 0.2) is 36.4 Å². The lowest BCUT2D eigenvalue weighted by Gasteiger charge is -2.11. The topological polar surface area (TPSA) is 0 Å². The van der Waals surface area contributed by atoms with Crippen molar-refractivity contribution in [1.82, 2.24) is 0 Å². The van der Waals surface area contributed by atoms with E-state index < -0.39 is 0 Å². The molecule has 2 rings (SSSR count). The molecule has 86 valence electrons. The van der Waals surface area contributed by atoms with Crippen LogP contribution in [0.3, 0.4) is 0 Å². The van der Waals surface area contributed by atoms with Crippen LogP contribution in [0.1, 0.15) is 44.2 Å². The second-order valence-corrected chi connectivity index (χ2v) is 4.56. The van der Waals surface area contributed by atoms with E-state index in [9.17, 15) is 0 Å². The van der Waals surface area contributed by atoms with Crippen LogP contribution in [-0.2, 0) is 0 Å². The van der Waals surface area contributed by atoms with Crippen LogP contribution in [-0.4, -0.2) is 0 Å². The Hall–Kier alpha value is -1.74. The minimum absolute atomic E-state index is 0.531. The number of hydrogen-bond acceptors (Lipinski definition) is 0. The molecule has 0 bridgehead atoms. The fraction of sp³-hybridized carbons (Fsp3) is 0.294. The summed E-state index contributed by atoms with van der Waals surface area (Å²) in [5.41, 5.74) is 2.55.